The normalized spacial score (nSPS) is 17.8. The second-order valence-electron chi connectivity index (χ2n) is 5.37. The quantitative estimate of drug-likeness (QED) is 0.906. The van der Waals surface area contributed by atoms with E-state index in [1.807, 2.05) is 37.3 Å². The third-order valence-electron chi connectivity index (χ3n) is 3.90. The van der Waals surface area contributed by atoms with Crippen LogP contribution in [-0.4, -0.2) is 46.0 Å². The molecule has 2 rings (SSSR count). The molecule has 0 spiro atoms. The molecule has 1 heterocycles. The number of carboxylic acid groups (broad SMARTS) is 1. The highest BCUT2D eigenvalue weighted by Crippen LogP contribution is 2.22. The van der Waals surface area contributed by atoms with Crippen LogP contribution in [0.2, 0.25) is 0 Å². The Kier molecular flexibility index (Phi) is 5.20. The smallest absolute Gasteiger partial charge is 0.320 e. The number of aliphatic carboxylic acids is 1. The first-order chi connectivity index (χ1) is 10.1. The van der Waals surface area contributed by atoms with E-state index in [0.717, 1.165) is 18.4 Å². The zero-order valence-corrected chi connectivity index (χ0v) is 12.4. The highest BCUT2D eigenvalue weighted by molar-refractivity contribution is 5.76. The Morgan fingerprint density at radius 1 is 1.33 bits per heavy atom. The second-order valence-corrected chi connectivity index (χ2v) is 5.37. The standard InChI is InChI=1S/C16H22N2O3/c1-2-17(12-13-7-4-3-5-8-13)16(21)18-10-6-9-14(18)11-15(19)20/h3-5,7-8,14H,2,6,9-12H2,1H3,(H,19,20). The lowest BCUT2D eigenvalue weighted by atomic mass is 10.1. The van der Waals surface area contributed by atoms with Crippen molar-refractivity contribution in [2.24, 2.45) is 0 Å². The van der Waals surface area contributed by atoms with Crippen LogP contribution in [0.5, 0.6) is 0 Å². The number of urea groups is 1. The predicted octanol–water partition coefficient (Wildman–Crippen LogP) is 2.57. The Morgan fingerprint density at radius 3 is 2.67 bits per heavy atom. The molecule has 0 aromatic heterocycles. The van der Waals surface area contributed by atoms with Gasteiger partial charge in [0.25, 0.3) is 0 Å². The number of carbonyl (C=O) groups is 2. The van der Waals surface area contributed by atoms with Crippen molar-refractivity contribution < 1.29 is 14.7 Å². The van der Waals surface area contributed by atoms with E-state index in [-0.39, 0.29) is 18.5 Å². The minimum absolute atomic E-state index is 0.0363. The Hall–Kier alpha value is -2.04. The highest BCUT2D eigenvalue weighted by Gasteiger charge is 2.32. The maximum absolute atomic E-state index is 12.6. The molecule has 1 atom stereocenters. The number of benzene rings is 1. The van der Waals surface area contributed by atoms with E-state index in [4.69, 9.17) is 5.11 Å². The lowest BCUT2D eigenvalue weighted by Crippen LogP contribution is -2.45. The zero-order valence-electron chi connectivity index (χ0n) is 12.4. The van der Waals surface area contributed by atoms with E-state index in [1.54, 1.807) is 9.80 Å². The summed E-state index contributed by atoms with van der Waals surface area (Å²) in [7, 11) is 0. The van der Waals surface area contributed by atoms with Crippen molar-refractivity contribution in [1.29, 1.82) is 0 Å². The summed E-state index contributed by atoms with van der Waals surface area (Å²) in [5, 5.41) is 8.95. The average molecular weight is 290 g/mol. The Balaban J connectivity index is 2.03. The van der Waals surface area contributed by atoms with Gasteiger partial charge in [0.2, 0.25) is 0 Å². The fourth-order valence-corrected chi connectivity index (χ4v) is 2.80. The number of hydrogen-bond donors (Lipinski definition) is 1. The maximum Gasteiger partial charge on any atom is 0.320 e. The zero-order chi connectivity index (χ0) is 15.2. The van der Waals surface area contributed by atoms with Gasteiger partial charge in [-0.25, -0.2) is 4.79 Å². The van der Waals surface area contributed by atoms with Gasteiger partial charge in [0.1, 0.15) is 0 Å². The van der Waals surface area contributed by atoms with Crippen molar-refractivity contribution in [3.8, 4) is 0 Å². The van der Waals surface area contributed by atoms with Crippen molar-refractivity contribution in [1.82, 2.24) is 9.80 Å². The summed E-state index contributed by atoms with van der Waals surface area (Å²) >= 11 is 0. The first-order valence-corrected chi connectivity index (χ1v) is 7.43. The number of likely N-dealkylation sites (tertiary alicyclic amines) is 1. The predicted molar refractivity (Wildman–Crippen MR) is 79.9 cm³/mol. The number of hydrogen-bond acceptors (Lipinski definition) is 2. The molecular weight excluding hydrogens is 268 g/mol. The fourth-order valence-electron chi connectivity index (χ4n) is 2.80. The summed E-state index contributed by atoms with van der Waals surface area (Å²) < 4.78 is 0. The molecule has 0 saturated carbocycles. The molecule has 0 radical (unpaired) electrons. The molecule has 1 fully saturated rings. The fraction of sp³-hybridized carbons (Fsp3) is 0.500. The Bertz CT molecular complexity index is 490. The molecular formula is C16H22N2O3. The summed E-state index contributed by atoms with van der Waals surface area (Å²) in [6.45, 7) is 3.78. The Morgan fingerprint density at radius 2 is 2.05 bits per heavy atom. The first-order valence-electron chi connectivity index (χ1n) is 7.43. The summed E-state index contributed by atoms with van der Waals surface area (Å²) in [6, 6.07) is 9.63. The van der Waals surface area contributed by atoms with Crippen molar-refractivity contribution in [2.45, 2.75) is 38.8 Å². The molecule has 1 saturated heterocycles. The lowest BCUT2D eigenvalue weighted by molar-refractivity contribution is -0.138. The topological polar surface area (TPSA) is 60.9 Å². The molecule has 1 aliphatic rings. The average Bonchev–Trinajstić information content (AvgIpc) is 2.92. The largest absolute Gasteiger partial charge is 0.481 e. The van der Waals surface area contributed by atoms with Crippen LogP contribution in [0.3, 0.4) is 0 Å². The monoisotopic (exact) mass is 290 g/mol. The van der Waals surface area contributed by atoms with Crippen LogP contribution in [0, 0.1) is 0 Å². The van der Waals surface area contributed by atoms with Crippen LogP contribution in [0.4, 0.5) is 4.79 Å². The summed E-state index contributed by atoms with van der Waals surface area (Å²) in [5.74, 6) is -0.842. The van der Waals surface area contributed by atoms with E-state index >= 15 is 0 Å². The van der Waals surface area contributed by atoms with E-state index in [2.05, 4.69) is 0 Å². The van der Waals surface area contributed by atoms with Crippen molar-refractivity contribution in [3.05, 3.63) is 35.9 Å². The molecule has 1 N–H and O–H groups in total. The van der Waals surface area contributed by atoms with Crippen LogP contribution in [0.15, 0.2) is 30.3 Å². The van der Waals surface area contributed by atoms with Crippen LogP contribution >= 0.6 is 0 Å². The molecule has 21 heavy (non-hydrogen) atoms. The van der Waals surface area contributed by atoms with Gasteiger partial charge < -0.3 is 14.9 Å². The number of carbonyl (C=O) groups excluding carboxylic acids is 1. The van der Waals surface area contributed by atoms with Crippen LogP contribution in [-0.2, 0) is 11.3 Å². The van der Waals surface area contributed by atoms with Crippen LogP contribution in [0.25, 0.3) is 0 Å². The third-order valence-corrected chi connectivity index (χ3v) is 3.90. The van der Waals surface area contributed by atoms with Gasteiger partial charge in [0.15, 0.2) is 0 Å². The van der Waals surface area contributed by atoms with Crippen LogP contribution in [0.1, 0.15) is 31.7 Å². The molecule has 114 valence electrons. The van der Waals surface area contributed by atoms with Gasteiger partial charge in [0.05, 0.1) is 6.42 Å². The van der Waals surface area contributed by atoms with E-state index in [1.165, 1.54) is 0 Å². The SMILES string of the molecule is CCN(Cc1ccccc1)C(=O)N1CCCC1CC(=O)O. The van der Waals surface area contributed by atoms with Gasteiger partial charge in [-0.15, -0.1) is 0 Å². The molecule has 1 aromatic rings. The minimum atomic E-state index is -0.842. The molecule has 2 amide bonds. The minimum Gasteiger partial charge on any atom is -0.481 e. The lowest BCUT2D eigenvalue weighted by Gasteiger charge is -2.30. The van der Waals surface area contributed by atoms with Crippen molar-refractivity contribution >= 4 is 12.0 Å². The molecule has 1 unspecified atom stereocenters. The van der Waals surface area contributed by atoms with Gasteiger partial charge in [0, 0.05) is 25.7 Å². The third kappa shape index (κ3) is 3.97. The number of nitrogens with zero attached hydrogens (tertiary/aromatic N) is 2. The van der Waals surface area contributed by atoms with Gasteiger partial charge in [-0.1, -0.05) is 30.3 Å². The number of amides is 2. The maximum atomic E-state index is 12.6. The molecule has 1 aromatic carbocycles. The van der Waals surface area contributed by atoms with Gasteiger partial charge >= 0.3 is 12.0 Å². The van der Waals surface area contributed by atoms with Crippen LogP contribution < -0.4 is 0 Å². The molecule has 0 bridgehead atoms. The first kappa shape index (κ1) is 15.4. The van der Waals surface area contributed by atoms with Gasteiger partial charge in [-0.2, -0.15) is 0 Å². The molecule has 1 aliphatic heterocycles. The number of carboxylic acids is 1. The van der Waals surface area contributed by atoms with E-state index in [9.17, 15) is 9.59 Å². The summed E-state index contributed by atoms with van der Waals surface area (Å²) in [6.07, 6.45) is 1.70. The number of rotatable bonds is 5. The molecule has 0 aliphatic carbocycles. The summed E-state index contributed by atoms with van der Waals surface area (Å²) in [5.41, 5.74) is 1.08. The van der Waals surface area contributed by atoms with Gasteiger partial charge in [-0.3, -0.25) is 4.79 Å². The highest BCUT2D eigenvalue weighted by atomic mass is 16.4. The molecule has 5 heteroatoms. The second kappa shape index (κ2) is 7.11. The Labute approximate surface area is 125 Å². The van der Waals surface area contributed by atoms with E-state index in [0.29, 0.717) is 19.6 Å². The summed E-state index contributed by atoms with van der Waals surface area (Å²) in [4.78, 5) is 27.0. The van der Waals surface area contributed by atoms with Crippen molar-refractivity contribution in [3.63, 3.8) is 0 Å². The van der Waals surface area contributed by atoms with E-state index < -0.39 is 5.97 Å². The van der Waals surface area contributed by atoms with Crippen molar-refractivity contribution in [2.75, 3.05) is 13.1 Å². The van der Waals surface area contributed by atoms with Gasteiger partial charge in [-0.05, 0) is 25.3 Å². The molecule has 5 nitrogen and oxygen atoms in total.